The fourth-order valence-corrected chi connectivity index (χ4v) is 3.51. The fourth-order valence-electron chi connectivity index (χ4n) is 2.40. The van der Waals surface area contributed by atoms with E-state index in [4.69, 9.17) is 9.26 Å². The minimum atomic E-state index is -0.312. The van der Waals surface area contributed by atoms with Gasteiger partial charge in [-0.3, -0.25) is 0 Å². The van der Waals surface area contributed by atoms with Gasteiger partial charge >= 0.3 is 5.97 Å². The van der Waals surface area contributed by atoms with Crippen molar-refractivity contribution in [2.24, 2.45) is 5.92 Å². The molecule has 6 heteroatoms. The molecular weight excluding hydrogens is 276 g/mol. The number of carbonyl (C=O) groups is 1. The summed E-state index contributed by atoms with van der Waals surface area (Å²) in [6.07, 6.45) is 3.32. The average Bonchev–Trinajstić information content (AvgIpc) is 3.01. The molecule has 5 nitrogen and oxygen atoms in total. The van der Waals surface area contributed by atoms with Gasteiger partial charge < -0.3 is 9.26 Å². The van der Waals surface area contributed by atoms with Gasteiger partial charge in [0.15, 0.2) is 12.4 Å². The van der Waals surface area contributed by atoms with Crippen LogP contribution in [0, 0.1) is 12.8 Å². The Balaban J connectivity index is 1.65. The quantitative estimate of drug-likeness (QED) is 0.814. The topological polar surface area (TPSA) is 65.2 Å². The number of aryl methyl sites for hydroxylation is 2. The third kappa shape index (κ3) is 2.75. The number of carbonyl (C=O) groups excluding carboxylic acids is 1. The van der Waals surface area contributed by atoms with Gasteiger partial charge in [0.2, 0.25) is 0 Å². The van der Waals surface area contributed by atoms with Crippen LogP contribution in [0.3, 0.4) is 0 Å². The molecule has 0 spiro atoms. The summed E-state index contributed by atoms with van der Waals surface area (Å²) in [6, 6.07) is 1.97. The van der Waals surface area contributed by atoms with Gasteiger partial charge in [-0.2, -0.15) is 4.98 Å². The number of esters is 1. The van der Waals surface area contributed by atoms with E-state index in [2.05, 4.69) is 17.1 Å². The summed E-state index contributed by atoms with van der Waals surface area (Å²) >= 11 is 1.54. The molecule has 2 heterocycles. The van der Waals surface area contributed by atoms with Crippen LogP contribution >= 0.6 is 11.3 Å². The van der Waals surface area contributed by atoms with E-state index in [9.17, 15) is 4.79 Å². The molecule has 20 heavy (non-hydrogen) atoms. The molecule has 0 aliphatic heterocycles. The molecular formula is C14H16N2O3S. The van der Waals surface area contributed by atoms with Gasteiger partial charge in [0, 0.05) is 4.88 Å². The molecule has 0 N–H and O–H groups in total. The standard InChI is InChI=1S/C14H16N2O3S/c1-8-3-4-11-10(5-8)6-12(20-11)14(17)18-7-13-15-9(2)16-19-13/h6,8H,3-5,7H2,1-2H3. The number of nitrogens with zero attached hydrogens (tertiary/aromatic N) is 2. The number of hydrogen-bond donors (Lipinski definition) is 0. The SMILES string of the molecule is Cc1noc(COC(=O)c2cc3c(s2)CCC(C)C3)n1. The summed E-state index contributed by atoms with van der Waals surface area (Å²) in [7, 11) is 0. The molecule has 0 radical (unpaired) electrons. The summed E-state index contributed by atoms with van der Waals surface area (Å²) in [6.45, 7) is 4.00. The molecule has 3 rings (SSSR count). The van der Waals surface area contributed by atoms with E-state index in [-0.39, 0.29) is 12.6 Å². The monoisotopic (exact) mass is 292 g/mol. The third-order valence-corrected chi connectivity index (χ3v) is 4.64. The number of fused-ring (bicyclic) bond motifs is 1. The van der Waals surface area contributed by atoms with Crippen LogP contribution in [0.5, 0.6) is 0 Å². The zero-order chi connectivity index (χ0) is 14.1. The van der Waals surface area contributed by atoms with E-state index in [1.165, 1.54) is 16.9 Å². The Morgan fingerprint density at radius 2 is 2.45 bits per heavy atom. The molecule has 2 aromatic rings. The first-order valence-corrected chi connectivity index (χ1v) is 7.51. The van der Waals surface area contributed by atoms with Gasteiger partial charge in [0.1, 0.15) is 4.88 Å². The maximum atomic E-state index is 12.0. The number of ether oxygens (including phenoxy) is 1. The van der Waals surface area contributed by atoms with Crippen molar-refractivity contribution in [3.05, 3.63) is 33.1 Å². The molecule has 2 aromatic heterocycles. The number of rotatable bonds is 3. The summed E-state index contributed by atoms with van der Waals surface area (Å²) in [5, 5.41) is 3.65. The first-order chi connectivity index (χ1) is 9.61. The predicted molar refractivity (Wildman–Crippen MR) is 73.7 cm³/mol. The molecule has 0 aromatic carbocycles. The van der Waals surface area contributed by atoms with Crippen LogP contribution in [0.25, 0.3) is 0 Å². The normalized spacial score (nSPS) is 17.8. The lowest BCUT2D eigenvalue weighted by Gasteiger charge is -2.16. The van der Waals surface area contributed by atoms with Crippen LogP contribution in [0.2, 0.25) is 0 Å². The number of thiophene rings is 1. The smallest absolute Gasteiger partial charge is 0.348 e. The molecule has 0 saturated carbocycles. The van der Waals surface area contributed by atoms with Crippen LogP contribution in [0.4, 0.5) is 0 Å². The first kappa shape index (κ1) is 13.3. The van der Waals surface area contributed by atoms with Crippen molar-refractivity contribution in [1.29, 1.82) is 0 Å². The van der Waals surface area contributed by atoms with Crippen molar-refractivity contribution in [2.75, 3.05) is 0 Å². The Morgan fingerprint density at radius 1 is 1.60 bits per heavy atom. The second kappa shape index (κ2) is 5.36. The molecule has 1 atom stereocenters. The lowest BCUT2D eigenvalue weighted by molar-refractivity contribution is 0.0435. The highest BCUT2D eigenvalue weighted by molar-refractivity contribution is 7.14. The molecule has 0 saturated heterocycles. The van der Waals surface area contributed by atoms with Crippen molar-refractivity contribution in [1.82, 2.24) is 10.1 Å². The van der Waals surface area contributed by atoms with E-state index in [0.29, 0.717) is 22.5 Å². The minimum absolute atomic E-state index is 0.0264. The van der Waals surface area contributed by atoms with Gasteiger partial charge in [0.25, 0.3) is 5.89 Å². The van der Waals surface area contributed by atoms with Gasteiger partial charge in [-0.15, -0.1) is 11.3 Å². The van der Waals surface area contributed by atoms with Crippen LogP contribution in [0.1, 0.15) is 45.2 Å². The molecule has 106 valence electrons. The maximum absolute atomic E-state index is 12.0. The summed E-state index contributed by atoms with van der Waals surface area (Å²) in [4.78, 5) is 18.0. The lowest BCUT2D eigenvalue weighted by Crippen LogP contribution is -2.08. The second-order valence-electron chi connectivity index (χ2n) is 5.22. The molecule has 1 aliphatic carbocycles. The summed E-state index contributed by atoms with van der Waals surface area (Å²) < 4.78 is 10.1. The van der Waals surface area contributed by atoms with Crippen LogP contribution in [-0.4, -0.2) is 16.1 Å². The largest absolute Gasteiger partial charge is 0.451 e. The van der Waals surface area contributed by atoms with E-state index < -0.39 is 0 Å². The summed E-state index contributed by atoms with van der Waals surface area (Å²) in [5.74, 6) is 1.25. The minimum Gasteiger partial charge on any atom is -0.451 e. The van der Waals surface area contributed by atoms with E-state index in [1.54, 1.807) is 18.3 Å². The summed E-state index contributed by atoms with van der Waals surface area (Å²) in [5.41, 5.74) is 1.30. The highest BCUT2D eigenvalue weighted by Crippen LogP contribution is 2.32. The third-order valence-electron chi connectivity index (χ3n) is 3.43. The molecule has 1 aliphatic rings. The van der Waals surface area contributed by atoms with Crippen LogP contribution < -0.4 is 0 Å². The van der Waals surface area contributed by atoms with Gasteiger partial charge in [-0.05, 0) is 43.7 Å². The second-order valence-corrected chi connectivity index (χ2v) is 6.36. The van der Waals surface area contributed by atoms with Crippen molar-refractivity contribution in [3.8, 4) is 0 Å². The molecule has 0 bridgehead atoms. The fraction of sp³-hybridized carbons (Fsp3) is 0.500. The van der Waals surface area contributed by atoms with Crippen molar-refractivity contribution < 1.29 is 14.1 Å². The zero-order valence-corrected chi connectivity index (χ0v) is 12.3. The lowest BCUT2D eigenvalue weighted by atomic mass is 9.90. The number of aromatic nitrogens is 2. The highest BCUT2D eigenvalue weighted by atomic mass is 32.1. The predicted octanol–water partition coefficient (Wildman–Crippen LogP) is 2.92. The van der Waals surface area contributed by atoms with E-state index in [0.717, 1.165) is 12.8 Å². The van der Waals surface area contributed by atoms with Gasteiger partial charge in [-0.25, -0.2) is 4.79 Å². The Kier molecular flexibility index (Phi) is 3.56. The van der Waals surface area contributed by atoms with Crippen LogP contribution in [-0.2, 0) is 24.2 Å². The average molecular weight is 292 g/mol. The molecule has 0 fully saturated rings. The Bertz CT molecular complexity index is 632. The molecule has 0 amide bonds. The Hall–Kier alpha value is -1.69. The first-order valence-electron chi connectivity index (χ1n) is 6.69. The zero-order valence-electron chi connectivity index (χ0n) is 11.5. The van der Waals surface area contributed by atoms with Gasteiger partial charge in [-0.1, -0.05) is 12.1 Å². The Morgan fingerprint density at radius 3 is 3.20 bits per heavy atom. The van der Waals surface area contributed by atoms with Crippen molar-refractivity contribution >= 4 is 17.3 Å². The number of hydrogen-bond acceptors (Lipinski definition) is 6. The van der Waals surface area contributed by atoms with Crippen LogP contribution in [0.15, 0.2) is 10.6 Å². The van der Waals surface area contributed by atoms with Crippen molar-refractivity contribution in [2.45, 2.75) is 39.7 Å². The maximum Gasteiger partial charge on any atom is 0.348 e. The van der Waals surface area contributed by atoms with Crippen molar-refractivity contribution in [3.63, 3.8) is 0 Å². The highest BCUT2D eigenvalue weighted by Gasteiger charge is 2.21. The Labute approximate surface area is 121 Å². The van der Waals surface area contributed by atoms with E-state index in [1.807, 2.05) is 6.07 Å². The molecule has 1 unspecified atom stereocenters. The van der Waals surface area contributed by atoms with Gasteiger partial charge in [0.05, 0.1) is 0 Å². The van der Waals surface area contributed by atoms with E-state index >= 15 is 0 Å².